The van der Waals surface area contributed by atoms with Gasteiger partial charge in [0.1, 0.15) is 11.2 Å². The van der Waals surface area contributed by atoms with Crippen molar-refractivity contribution in [2.24, 2.45) is 0 Å². The zero-order chi connectivity index (χ0) is 16.3. The van der Waals surface area contributed by atoms with Crippen molar-refractivity contribution < 1.29 is 14.3 Å². The van der Waals surface area contributed by atoms with Crippen molar-refractivity contribution in [2.45, 2.75) is 31.2 Å². The van der Waals surface area contributed by atoms with Crippen LogP contribution in [0.1, 0.15) is 36.2 Å². The van der Waals surface area contributed by atoms with Crippen LogP contribution in [-0.2, 0) is 9.53 Å². The number of benzene rings is 1. The van der Waals surface area contributed by atoms with Gasteiger partial charge in [0.25, 0.3) is 5.91 Å². The Bertz CT molecular complexity index is 749. The molecule has 1 aliphatic rings. The van der Waals surface area contributed by atoms with Crippen LogP contribution in [0.25, 0.3) is 10.9 Å². The number of rotatable bonds is 4. The highest BCUT2D eigenvalue weighted by atomic mass is 16.5. The summed E-state index contributed by atoms with van der Waals surface area (Å²) in [4.78, 5) is 26.9. The summed E-state index contributed by atoms with van der Waals surface area (Å²) in [6.07, 6.45) is 3.13. The van der Waals surface area contributed by atoms with Crippen molar-refractivity contribution >= 4 is 22.8 Å². The summed E-state index contributed by atoms with van der Waals surface area (Å²) in [5.41, 5.74) is 0.332. The molecule has 1 amide bonds. The molecule has 0 aliphatic heterocycles. The van der Waals surface area contributed by atoms with E-state index >= 15 is 0 Å². The molecule has 1 aliphatic carbocycles. The predicted octanol–water partition coefficient (Wildman–Crippen LogP) is 2.28. The van der Waals surface area contributed by atoms with Crippen molar-refractivity contribution in [2.75, 3.05) is 6.61 Å². The van der Waals surface area contributed by atoms with Crippen molar-refractivity contribution in [3.05, 3.63) is 36.0 Å². The lowest BCUT2D eigenvalue weighted by Gasteiger charge is -2.21. The maximum Gasteiger partial charge on any atom is 0.355 e. The van der Waals surface area contributed by atoms with Gasteiger partial charge in [0.2, 0.25) is 0 Å². The minimum Gasteiger partial charge on any atom is -0.451 e. The van der Waals surface area contributed by atoms with E-state index < -0.39 is 24.0 Å². The van der Waals surface area contributed by atoms with Crippen molar-refractivity contribution in [3.8, 4) is 6.07 Å². The van der Waals surface area contributed by atoms with Crippen LogP contribution in [0.2, 0.25) is 0 Å². The third-order valence-electron chi connectivity index (χ3n) is 4.13. The molecule has 23 heavy (non-hydrogen) atoms. The second-order valence-corrected chi connectivity index (χ2v) is 5.80. The molecule has 2 aromatic rings. The van der Waals surface area contributed by atoms with E-state index in [0.717, 1.165) is 23.7 Å². The van der Waals surface area contributed by atoms with Gasteiger partial charge in [-0.3, -0.25) is 4.79 Å². The maximum atomic E-state index is 12.0. The van der Waals surface area contributed by atoms with Gasteiger partial charge in [0.05, 0.1) is 6.07 Å². The number of nitrogens with one attached hydrogen (secondary N) is 2. The van der Waals surface area contributed by atoms with Gasteiger partial charge in [-0.25, -0.2) is 4.79 Å². The normalized spacial score (nSPS) is 16.0. The van der Waals surface area contributed by atoms with Crippen molar-refractivity contribution in [1.82, 2.24) is 10.3 Å². The standard InChI is InChI=1S/C17H17N3O3/c18-11-17(7-3-4-8-17)20-15(21)10-23-16(22)14-9-12-5-1-2-6-13(12)19-14/h1-2,5-6,9,19H,3-4,7-8,10H2,(H,20,21). The molecule has 0 atom stereocenters. The van der Waals surface area contributed by atoms with E-state index in [0.29, 0.717) is 18.5 Å². The van der Waals surface area contributed by atoms with Crippen LogP contribution in [0.3, 0.4) is 0 Å². The van der Waals surface area contributed by atoms with E-state index in [9.17, 15) is 14.9 Å². The quantitative estimate of drug-likeness (QED) is 0.847. The highest BCUT2D eigenvalue weighted by Gasteiger charge is 2.35. The Balaban J connectivity index is 1.58. The molecular weight excluding hydrogens is 294 g/mol. The molecule has 0 saturated heterocycles. The Kier molecular flexibility index (Phi) is 4.02. The Morgan fingerprint density at radius 1 is 1.30 bits per heavy atom. The molecule has 0 unspecified atom stereocenters. The fourth-order valence-corrected chi connectivity index (χ4v) is 2.94. The van der Waals surface area contributed by atoms with Crippen LogP contribution < -0.4 is 5.32 Å². The first-order valence-corrected chi connectivity index (χ1v) is 7.59. The molecule has 2 N–H and O–H groups in total. The third-order valence-corrected chi connectivity index (χ3v) is 4.13. The summed E-state index contributed by atoms with van der Waals surface area (Å²) in [6, 6.07) is 11.3. The average Bonchev–Trinajstić information content (AvgIpc) is 3.19. The lowest BCUT2D eigenvalue weighted by molar-refractivity contribution is -0.125. The molecule has 3 rings (SSSR count). The van der Waals surface area contributed by atoms with E-state index in [1.54, 1.807) is 6.07 Å². The maximum absolute atomic E-state index is 12.0. The molecular formula is C17H17N3O3. The minimum atomic E-state index is -0.801. The van der Waals surface area contributed by atoms with Gasteiger partial charge >= 0.3 is 5.97 Å². The number of H-pyrrole nitrogens is 1. The topological polar surface area (TPSA) is 95.0 Å². The number of esters is 1. The number of amides is 1. The molecule has 0 spiro atoms. The molecule has 0 bridgehead atoms. The van der Waals surface area contributed by atoms with Crippen LogP contribution in [0, 0.1) is 11.3 Å². The van der Waals surface area contributed by atoms with Crippen LogP contribution >= 0.6 is 0 Å². The number of carbonyl (C=O) groups excluding carboxylic acids is 2. The fourth-order valence-electron chi connectivity index (χ4n) is 2.94. The largest absolute Gasteiger partial charge is 0.451 e. The third kappa shape index (κ3) is 3.19. The number of carbonyl (C=O) groups is 2. The van der Waals surface area contributed by atoms with Gasteiger partial charge in [-0.15, -0.1) is 0 Å². The molecule has 1 aromatic carbocycles. The second kappa shape index (κ2) is 6.13. The number of ether oxygens (including phenoxy) is 1. The lowest BCUT2D eigenvalue weighted by atomic mass is 10.00. The Labute approximate surface area is 133 Å². The van der Waals surface area contributed by atoms with Gasteiger partial charge in [0, 0.05) is 10.9 Å². The summed E-state index contributed by atoms with van der Waals surface area (Å²) >= 11 is 0. The van der Waals surface area contributed by atoms with Gasteiger partial charge in [-0.2, -0.15) is 5.26 Å². The average molecular weight is 311 g/mol. The summed E-state index contributed by atoms with van der Waals surface area (Å²) in [6.45, 7) is -0.391. The summed E-state index contributed by atoms with van der Waals surface area (Å²) in [5, 5.41) is 12.8. The van der Waals surface area contributed by atoms with Crippen molar-refractivity contribution in [1.29, 1.82) is 5.26 Å². The first-order chi connectivity index (χ1) is 11.1. The van der Waals surface area contributed by atoms with Gasteiger partial charge in [0.15, 0.2) is 6.61 Å². The monoisotopic (exact) mass is 311 g/mol. The van der Waals surface area contributed by atoms with Crippen molar-refractivity contribution in [3.63, 3.8) is 0 Å². The highest BCUT2D eigenvalue weighted by Crippen LogP contribution is 2.28. The van der Waals surface area contributed by atoms with E-state index in [1.807, 2.05) is 24.3 Å². The number of nitriles is 1. The molecule has 1 aromatic heterocycles. The first-order valence-electron chi connectivity index (χ1n) is 7.59. The summed E-state index contributed by atoms with van der Waals surface area (Å²) < 4.78 is 5.03. The van der Waals surface area contributed by atoms with Gasteiger partial charge in [-0.05, 0) is 37.8 Å². The molecule has 6 heteroatoms. The fraction of sp³-hybridized carbons (Fsp3) is 0.353. The van der Waals surface area contributed by atoms with E-state index in [-0.39, 0.29) is 0 Å². The lowest BCUT2D eigenvalue weighted by Crippen LogP contribution is -2.46. The first kappa shape index (κ1) is 15.1. The molecule has 0 radical (unpaired) electrons. The van der Waals surface area contributed by atoms with Gasteiger partial charge in [-0.1, -0.05) is 18.2 Å². The zero-order valence-corrected chi connectivity index (χ0v) is 12.6. The van der Waals surface area contributed by atoms with Gasteiger partial charge < -0.3 is 15.0 Å². The number of aromatic amines is 1. The van der Waals surface area contributed by atoms with Crippen LogP contribution in [0.5, 0.6) is 0 Å². The number of hydrogen-bond acceptors (Lipinski definition) is 4. The summed E-state index contributed by atoms with van der Waals surface area (Å²) in [5.74, 6) is -1.04. The molecule has 1 saturated carbocycles. The Hall–Kier alpha value is -2.81. The number of para-hydroxylation sites is 1. The zero-order valence-electron chi connectivity index (χ0n) is 12.6. The molecule has 1 heterocycles. The Morgan fingerprint density at radius 2 is 2.04 bits per heavy atom. The SMILES string of the molecule is N#CC1(NC(=O)COC(=O)c2cc3ccccc3[nH]2)CCCC1. The highest BCUT2D eigenvalue weighted by molar-refractivity contribution is 5.95. The van der Waals surface area contributed by atoms with Crippen LogP contribution in [0.4, 0.5) is 0 Å². The minimum absolute atomic E-state index is 0.301. The molecule has 1 fully saturated rings. The number of fused-ring (bicyclic) bond motifs is 1. The van der Waals surface area contributed by atoms with E-state index in [4.69, 9.17) is 4.74 Å². The predicted molar refractivity (Wildman–Crippen MR) is 83.5 cm³/mol. The van der Waals surface area contributed by atoms with Crippen LogP contribution in [-0.4, -0.2) is 29.0 Å². The Morgan fingerprint density at radius 3 is 2.74 bits per heavy atom. The molecule has 118 valence electrons. The van der Waals surface area contributed by atoms with E-state index in [2.05, 4.69) is 16.4 Å². The number of nitrogens with zero attached hydrogens (tertiary/aromatic N) is 1. The second-order valence-electron chi connectivity index (χ2n) is 5.80. The smallest absolute Gasteiger partial charge is 0.355 e. The van der Waals surface area contributed by atoms with E-state index in [1.165, 1.54) is 0 Å². The number of aromatic nitrogens is 1. The molecule has 6 nitrogen and oxygen atoms in total. The van der Waals surface area contributed by atoms with Crippen LogP contribution in [0.15, 0.2) is 30.3 Å². The number of hydrogen-bond donors (Lipinski definition) is 2. The summed E-state index contributed by atoms with van der Waals surface area (Å²) in [7, 11) is 0.